The van der Waals surface area contributed by atoms with Crippen molar-refractivity contribution in [3.05, 3.63) is 72.1 Å². The van der Waals surface area contributed by atoms with Gasteiger partial charge in [-0.1, -0.05) is 17.9 Å². The van der Waals surface area contributed by atoms with E-state index in [1.807, 2.05) is 0 Å². The van der Waals surface area contributed by atoms with Gasteiger partial charge in [0.25, 0.3) is 0 Å². The van der Waals surface area contributed by atoms with Crippen molar-refractivity contribution in [2.75, 3.05) is 13.6 Å². The summed E-state index contributed by atoms with van der Waals surface area (Å²) in [6.07, 6.45) is 3.50. The summed E-state index contributed by atoms with van der Waals surface area (Å²) in [5, 5.41) is 0.870. The monoisotopic (exact) mass is 410 g/mol. The molecule has 29 heavy (non-hydrogen) atoms. The molecule has 1 aliphatic heterocycles. The molecule has 3 aromatic rings. The molecule has 0 atom stereocenters. The zero-order valence-electron chi connectivity index (χ0n) is 15.9. The van der Waals surface area contributed by atoms with E-state index in [4.69, 9.17) is 0 Å². The van der Waals surface area contributed by atoms with Gasteiger partial charge in [-0.3, -0.25) is 0 Å². The van der Waals surface area contributed by atoms with Crippen molar-refractivity contribution in [2.45, 2.75) is 11.8 Å². The zero-order valence-corrected chi connectivity index (χ0v) is 16.7. The maximum Gasteiger partial charge on any atom is 0.240 e. The maximum absolute atomic E-state index is 13.4. The molecule has 1 aliphatic rings. The van der Waals surface area contributed by atoms with Gasteiger partial charge in [-0.05, 0) is 42.8 Å². The van der Waals surface area contributed by atoms with Crippen LogP contribution in [0, 0.1) is 5.82 Å². The molecule has 148 valence electrons. The highest BCUT2D eigenvalue weighted by Gasteiger charge is 2.17. The van der Waals surface area contributed by atoms with Gasteiger partial charge in [-0.25, -0.2) is 22.5 Å². The number of halogens is 1. The molecule has 0 bridgehead atoms. The molecule has 8 heteroatoms. The van der Waals surface area contributed by atoms with Crippen LogP contribution in [-0.2, 0) is 10.0 Å². The molecular formula is C21H19FN4O2S. The van der Waals surface area contributed by atoms with Gasteiger partial charge in [0.2, 0.25) is 10.0 Å². The minimum Gasteiger partial charge on any atom is -0.360 e. The van der Waals surface area contributed by atoms with Crippen LogP contribution in [-0.4, -0.2) is 37.7 Å². The van der Waals surface area contributed by atoms with E-state index in [2.05, 4.69) is 20.4 Å². The summed E-state index contributed by atoms with van der Waals surface area (Å²) in [6.45, 7) is 1.87. The molecule has 0 saturated carbocycles. The Bertz CT molecular complexity index is 1280. The van der Waals surface area contributed by atoms with Crippen molar-refractivity contribution in [2.24, 2.45) is 4.99 Å². The van der Waals surface area contributed by atoms with Crippen molar-refractivity contribution in [1.82, 2.24) is 14.6 Å². The SMILES string of the molecule is CC1=C=CN(C)C(CNS(=O)(=O)c2ccc(-c3c[nH]c4cc(F)ccc34)cc2)=N1. The first kappa shape index (κ1) is 19.1. The molecule has 2 N–H and O–H groups in total. The predicted octanol–water partition coefficient (Wildman–Crippen LogP) is 3.61. The van der Waals surface area contributed by atoms with Crippen LogP contribution in [0.25, 0.3) is 22.0 Å². The summed E-state index contributed by atoms with van der Waals surface area (Å²) in [5.74, 6) is 0.278. The topological polar surface area (TPSA) is 77.6 Å². The number of sulfonamides is 1. The fourth-order valence-electron chi connectivity index (χ4n) is 3.13. The second kappa shape index (κ2) is 7.33. The molecule has 0 unspecified atom stereocenters. The Kier molecular flexibility index (Phi) is 4.84. The van der Waals surface area contributed by atoms with Gasteiger partial charge >= 0.3 is 0 Å². The van der Waals surface area contributed by atoms with Crippen molar-refractivity contribution in [3.63, 3.8) is 0 Å². The van der Waals surface area contributed by atoms with Crippen molar-refractivity contribution >= 4 is 26.8 Å². The van der Waals surface area contributed by atoms with Crippen LogP contribution in [0.15, 0.2) is 76.2 Å². The Hall–Kier alpha value is -3.19. The number of benzene rings is 2. The van der Waals surface area contributed by atoms with Crippen LogP contribution in [0.4, 0.5) is 4.39 Å². The Morgan fingerprint density at radius 3 is 2.72 bits per heavy atom. The van der Waals surface area contributed by atoms with Gasteiger partial charge < -0.3 is 9.88 Å². The lowest BCUT2D eigenvalue weighted by Crippen LogP contribution is -2.36. The second-order valence-corrected chi connectivity index (χ2v) is 8.51. The lowest BCUT2D eigenvalue weighted by atomic mass is 10.1. The predicted molar refractivity (Wildman–Crippen MR) is 111 cm³/mol. The van der Waals surface area contributed by atoms with Crippen LogP contribution in [0.1, 0.15) is 6.92 Å². The van der Waals surface area contributed by atoms with Gasteiger partial charge in [0.05, 0.1) is 17.1 Å². The molecule has 0 radical (unpaired) electrons. The summed E-state index contributed by atoms with van der Waals surface area (Å²) in [4.78, 5) is 9.22. The molecule has 0 spiro atoms. The number of hydrogen-bond acceptors (Lipinski definition) is 4. The van der Waals surface area contributed by atoms with Crippen LogP contribution >= 0.6 is 0 Å². The van der Waals surface area contributed by atoms with E-state index in [1.165, 1.54) is 12.1 Å². The smallest absolute Gasteiger partial charge is 0.240 e. The number of aromatic amines is 1. The van der Waals surface area contributed by atoms with Gasteiger partial charge in [0, 0.05) is 35.9 Å². The number of amidine groups is 1. The zero-order chi connectivity index (χ0) is 20.6. The quantitative estimate of drug-likeness (QED) is 0.631. The molecule has 0 fully saturated rings. The van der Waals surface area contributed by atoms with Crippen molar-refractivity contribution in [3.8, 4) is 11.1 Å². The van der Waals surface area contributed by atoms with E-state index in [1.54, 1.807) is 61.6 Å². The standard InChI is InChI=1S/C21H19FN4O2S/c1-14-9-10-26(2)21(25-14)13-24-29(27,28)17-6-3-15(4-7-17)19-12-23-20-11-16(22)5-8-18(19)20/h3-8,10-12,23-24H,13H2,1-2H3. The normalized spacial score (nSPS) is 14.2. The Balaban J connectivity index is 1.54. The van der Waals surface area contributed by atoms with E-state index < -0.39 is 10.0 Å². The van der Waals surface area contributed by atoms with Gasteiger partial charge in [0.15, 0.2) is 0 Å². The average Bonchev–Trinajstić information content (AvgIpc) is 3.12. The molecule has 2 aromatic carbocycles. The number of aromatic nitrogens is 1. The van der Waals surface area contributed by atoms with Gasteiger partial charge in [-0.2, -0.15) is 0 Å². The van der Waals surface area contributed by atoms with Gasteiger partial charge in [-0.15, -0.1) is 0 Å². The number of allylic oxidation sites excluding steroid dienone is 1. The van der Waals surface area contributed by atoms with Gasteiger partial charge in [0.1, 0.15) is 11.7 Å². The molecule has 6 nitrogen and oxygen atoms in total. The molecule has 1 aromatic heterocycles. The molecule has 0 saturated heterocycles. The molecule has 2 heterocycles. The minimum atomic E-state index is -3.69. The summed E-state index contributed by atoms with van der Waals surface area (Å²) in [6, 6.07) is 11.1. The first-order valence-electron chi connectivity index (χ1n) is 8.94. The van der Waals surface area contributed by atoms with Crippen LogP contribution in [0.3, 0.4) is 0 Å². The van der Waals surface area contributed by atoms with Crippen LogP contribution in [0.2, 0.25) is 0 Å². The Labute approximate surface area is 168 Å². The molecular weight excluding hydrogens is 391 g/mol. The molecule has 4 rings (SSSR count). The fourth-order valence-corrected chi connectivity index (χ4v) is 4.11. The fraction of sp³-hybridized carbons (Fsp3) is 0.143. The number of likely N-dealkylation sites (N-methyl/N-ethyl adjacent to an activating group) is 1. The minimum absolute atomic E-state index is 0.0735. The number of nitrogens with zero attached hydrogens (tertiary/aromatic N) is 2. The second-order valence-electron chi connectivity index (χ2n) is 6.74. The highest BCUT2D eigenvalue weighted by molar-refractivity contribution is 7.89. The van der Waals surface area contributed by atoms with Crippen LogP contribution < -0.4 is 4.72 Å². The van der Waals surface area contributed by atoms with E-state index in [0.29, 0.717) is 17.0 Å². The van der Waals surface area contributed by atoms with E-state index in [9.17, 15) is 12.8 Å². The summed E-state index contributed by atoms with van der Waals surface area (Å²) < 4.78 is 41.2. The highest BCUT2D eigenvalue weighted by Crippen LogP contribution is 2.29. The third kappa shape index (κ3) is 3.86. The Morgan fingerprint density at radius 1 is 1.21 bits per heavy atom. The number of H-pyrrole nitrogens is 1. The summed E-state index contributed by atoms with van der Waals surface area (Å²) in [5.41, 5.74) is 6.05. The number of hydrogen-bond donors (Lipinski definition) is 2. The van der Waals surface area contributed by atoms with Crippen LogP contribution in [0.5, 0.6) is 0 Å². The van der Waals surface area contributed by atoms with E-state index >= 15 is 0 Å². The van der Waals surface area contributed by atoms with E-state index in [0.717, 1.165) is 16.5 Å². The molecule has 0 aliphatic carbocycles. The average molecular weight is 410 g/mol. The number of aliphatic imine (C=N–C) groups is 1. The first-order valence-corrected chi connectivity index (χ1v) is 10.4. The van der Waals surface area contributed by atoms with E-state index in [-0.39, 0.29) is 17.3 Å². The Morgan fingerprint density at radius 2 is 1.97 bits per heavy atom. The molecule has 0 amide bonds. The third-order valence-electron chi connectivity index (χ3n) is 4.71. The number of rotatable bonds is 5. The van der Waals surface area contributed by atoms with Crippen molar-refractivity contribution in [1.29, 1.82) is 0 Å². The number of nitrogens with one attached hydrogen (secondary N) is 2. The highest BCUT2D eigenvalue weighted by atomic mass is 32.2. The lowest BCUT2D eigenvalue weighted by molar-refractivity contribution is 0.583. The first-order chi connectivity index (χ1) is 13.8. The lowest BCUT2D eigenvalue weighted by Gasteiger charge is -2.19. The van der Waals surface area contributed by atoms with Crippen molar-refractivity contribution < 1.29 is 12.8 Å². The summed E-state index contributed by atoms with van der Waals surface area (Å²) >= 11 is 0. The summed E-state index contributed by atoms with van der Waals surface area (Å²) in [7, 11) is -1.91. The maximum atomic E-state index is 13.4. The number of fused-ring (bicyclic) bond motifs is 1. The third-order valence-corrected chi connectivity index (χ3v) is 6.13. The largest absolute Gasteiger partial charge is 0.360 e.